The SMILES string of the molecule is CC[C@H](NC(=O)N[C@@H]1CCCSC1)[C@H]1CCCO1. The highest BCUT2D eigenvalue weighted by atomic mass is 32.2. The van der Waals surface area contributed by atoms with E-state index in [2.05, 4.69) is 17.6 Å². The number of carbonyl (C=O) groups excluding carboxylic acids is 1. The fourth-order valence-corrected chi connectivity index (χ4v) is 3.70. The Morgan fingerprint density at radius 1 is 1.44 bits per heavy atom. The van der Waals surface area contributed by atoms with Crippen molar-refractivity contribution in [1.29, 1.82) is 0 Å². The normalized spacial score (nSPS) is 29.8. The molecule has 2 saturated heterocycles. The van der Waals surface area contributed by atoms with E-state index in [1.165, 1.54) is 12.2 Å². The molecule has 2 fully saturated rings. The fraction of sp³-hybridized carbons (Fsp3) is 0.923. The Morgan fingerprint density at radius 3 is 2.94 bits per heavy atom. The fourth-order valence-electron chi connectivity index (χ4n) is 2.63. The standard InChI is InChI=1S/C13H24N2O2S/c1-2-11(12-6-3-7-17-12)15-13(16)14-10-5-4-8-18-9-10/h10-12H,2-9H2,1H3,(H2,14,15,16)/t10-,11+,12-/m1/s1. The van der Waals surface area contributed by atoms with Crippen LogP contribution in [0.25, 0.3) is 0 Å². The summed E-state index contributed by atoms with van der Waals surface area (Å²) in [5, 5.41) is 6.15. The zero-order valence-corrected chi connectivity index (χ0v) is 11.9. The number of carbonyl (C=O) groups is 1. The van der Waals surface area contributed by atoms with Gasteiger partial charge in [0.15, 0.2) is 0 Å². The maximum Gasteiger partial charge on any atom is 0.315 e. The van der Waals surface area contributed by atoms with Gasteiger partial charge in [-0.15, -0.1) is 0 Å². The average Bonchev–Trinajstić information content (AvgIpc) is 2.91. The predicted molar refractivity (Wildman–Crippen MR) is 75.1 cm³/mol. The van der Waals surface area contributed by atoms with Crippen LogP contribution in [-0.2, 0) is 4.74 Å². The van der Waals surface area contributed by atoms with E-state index in [-0.39, 0.29) is 18.2 Å². The van der Waals surface area contributed by atoms with Gasteiger partial charge < -0.3 is 15.4 Å². The van der Waals surface area contributed by atoms with E-state index in [0.29, 0.717) is 6.04 Å². The Hall–Kier alpha value is -0.420. The average molecular weight is 272 g/mol. The number of hydrogen-bond donors (Lipinski definition) is 2. The summed E-state index contributed by atoms with van der Waals surface area (Å²) in [5.74, 6) is 2.28. The highest BCUT2D eigenvalue weighted by Gasteiger charge is 2.26. The van der Waals surface area contributed by atoms with Crippen LogP contribution >= 0.6 is 11.8 Å². The van der Waals surface area contributed by atoms with Crippen molar-refractivity contribution in [3.05, 3.63) is 0 Å². The molecule has 2 aliphatic rings. The smallest absolute Gasteiger partial charge is 0.315 e. The molecule has 2 N–H and O–H groups in total. The first-order valence-corrected chi connectivity index (χ1v) is 8.21. The number of ether oxygens (including phenoxy) is 1. The lowest BCUT2D eigenvalue weighted by Gasteiger charge is -2.26. The number of urea groups is 1. The minimum absolute atomic E-state index is 0.0233. The molecule has 0 radical (unpaired) electrons. The van der Waals surface area contributed by atoms with Crippen LogP contribution in [0.1, 0.15) is 39.0 Å². The number of nitrogens with one attached hydrogen (secondary N) is 2. The summed E-state index contributed by atoms with van der Waals surface area (Å²) < 4.78 is 5.65. The first kappa shape index (κ1) is 14.0. The van der Waals surface area contributed by atoms with Crippen LogP contribution in [0.2, 0.25) is 0 Å². The largest absolute Gasteiger partial charge is 0.376 e. The van der Waals surface area contributed by atoms with E-state index in [1.807, 2.05) is 11.8 Å². The van der Waals surface area contributed by atoms with Gasteiger partial charge in [-0.3, -0.25) is 0 Å². The second-order valence-corrected chi connectivity index (χ2v) is 6.25. The highest BCUT2D eigenvalue weighted by molar-refractivity contribution is 7.99. The molecule has 0 unspecified atom stereocenters. The van der Waals surface area contributed by atoms with E-state index in [9.17, 15) is 4.79 Å². The van der Waals surface area contributed by atoms with E-state index in [4.69, 9.17) is 4.74 Å². The van der Waals surface area contributed by atoms with Crippen molar-refractivity contribution in [2.24, 2.45) is 0 Å². The summed E-state index contributed by atoms with van der Waals surface area (Å²) in [4.78, 5) is 12.0. The number of rotatable bonds is 4. The van der Waals surface area contributed by atoms with Crippen LogP contribution in [0.3, 0.4) is 0 Å². The van der Waals surface area contributed by atoms with Crippen LogP contribution < -0.4 is 10.6 Å². The van der Waals surface area contributed by atoms with Gasteiger partial charge in [-0.1, -0.05) is 6.92 Å². The van der Waals surface area contributed by atoms with Crippen molar-refractivity contribution in [3.8, 4) is 0 Å². The predicted octanol–water partition coefficient (Wildman–Crippen LogP) is 2.14. The summed E-state index contributed by atoms with van der Waals surface area (Å²) in [6.07, 6.45) is 5.64. The van der Waals surface area contributed by atoms with Crippen LogP contribution in [0.15, 0.2) is 0 Å². The van der Waals surface area contributed by atoms with Crippen molar-refractivity contribution < 1.29 is 9.53 Å². The van der Waals surface area contributed by atoms with E-state index in [0.717, 1.165) is 38.0 Å². The van der Waals surface area contributed by atoms with Crippen molar-refractivity contribution >= 4 is 17.8 Å². The third-order valence-corrected chi connectivity index (χ3v) is 4.88. The summed E-state index contributed by atoms with van der Waals surface area (Å²) in [7, 11) is 0. The molecule has 0 aromatic heterocycles. The molecule has 0 spiro atoms. The molecular formula is C13H24N2O2S. The van der Waals surface area contributed by atoms with Gasteiger partial charge in [-0.25, -0.2) is 4.79 Å². The van der Waals surface area contributed by atoms with Crippen molar-refractivity contribution in [3.63, 3.8) is 0 Å². The minimum atomic E-state index is -0.0233. The Bertz CT molecular complexity index is 264. The van der Waals surface area contributed by atoms with Crippen molar-refractivity contribution in [2.45, 2.75) is 57.2 Å². The van der Waals surface area contributed by atoms with Gasteiger partial charge in [0.1, 0.15) is 0 Å². The molecule has 2 amide bonds. The van der Waals surface area contributed by atoms with Crippen LogP contribution in [0.4, 0.5) is 4.79 Å². The molecule has 0 aliphatic carbocycles. The minimum Gasteiger partial charge on any atom is -0.376 e. The van der Waals surface area contributed by atoms with Gasteiger partial charge in [0.2, 0.25) is 0 Å². The van der Waals surface area contributed by atoms with Gasteiger partial charge in [0, 0.05) is 18.4 Å². The summed E-state index contributed by atoms with van der Waals surface area (Å²) >= 11 is 1.93. The first-order valence-electron chi connectivity index (χ1n) is 7.06. The summed E-state index contributed by atoms with van der Waals surface area (Å²) in [5.41, 5.74) is 0. The van der Waals surface area contributed by atoms with Gasteiger partial charge in [0.25, 0.3) is 0 Å². The number of hydrogen-bond acceptors (Lipinski definition) is 3. The molecule has 0 saturated carbocycles. The number of thioether (sulfide) groups is 1. The molecular weight excluding hydrogens is 248 g/mol. The lowest BCUT2D eigenvalue weighted by molar-refractivity contribution is 0.0795. The molecule has 0 aromatic rings. The topological polar surface area (TPSA) is 50.4 Å². The van der Waals surface area contributed by atoms with E-state index in [1.54, 1.807) is 0 Å². The molecule has 5 heteroatoms. The second-order valence-electron chi connectivity index (χ2n) is 5.10. The Morgan fingerprint density at radius 2 is 2.33 bits per heavy atom. The Kier molecular flexibility index (Phi) is 5.63. The lowest BCUT2D eigenvalue weighted by Crippen LogP contribution is -2.50. The highest BCUT2D eigenvalue weighted by Crippen LogP contribution is 2.18. The molecule has 4 nitrogen and oxygen atoms in total. The molecule has 104 valence electrons. The summed E-state index contributed by atoms with van der Waals surface area (Å²) in [6.45, 7) is 2.94. The molecule has 2 rings (SSSR count). The van der Waals surface area contributed by atoms with Crippen molar-refractivity contribution in [2.75, 3.05) is 18.1 Å². The van der Waals surface area contributed by atoms with Gasteiger partial charge in [-0.05, 0) is 37.9 Å². The first-order chi connectivity index (χ1) is 8.79. The third-order valence-electron chi connectivity index (χ3n) is 3.67. The molecule has 0 aromatic carbocycles. The van der Waals surface area contributed by atoms with Gasteiger partial charge >= 0.3 is 6.03 Å². The number of amides is 2. The molecule has 3 atom stereocenters. The zero-order valence-electron chi connectivity index (χ0n) is 11.1. The quantitative estimate of drug-likeness (QED) is 0.824. The van der Waals surface area contributed by atoms with E-state index >= 15 is 0 Å². The van der Waals surface area contributed by atoms with Gasteiger partial charge in [0.05, 0.1) is 12.1 Å². The molecule has 2 aliphatic heterocycles. The van der Waals surface area contributed by atoms with Crippen LogP contribution in [0.5, 0.6) is 0 Å². The lowest BCUT2D eigenvalue weighted by atomic mass is 10.1. The maximum atomic E-state index is 12.0. The second kappa shape index (κ2) is 7.24. The monoisotopic (exact) mass is 272 g/mol. The molecule has 18 heavy (non-hydrogen) atoms. The van der Waals surface area contributed by atoms with Crippen LogP contribution in [0, 0.1) is 0 Å². The molecule has 0 bridgehead atoms. The summed E-state index contributed by atoms with van der Waals surface area (Å²) in [6, 6.07) is 0.472. The van der Waals surface area contributed by atoms with Gasteiger partial charge in [-0.2, -0.15) is 11.8 Å². The molecule has 2 heterocycles. The third kappa shape index (κ3) is 4.05. The maximum absolute atomic E-state index is 12.0. The Labute approximate surface area is 114 Å². The van der Waals surface area contributed by atoms with Crippen molar-refractivity contribution in [1.82, 2.24) is 10.6 Å². The Balaban J connectivity index is 1.73. The van der Waals surface area contributed by atoms with Crippen LogP contribution in [-0.4, -0.2) is 42.3 Å². The van der Waals surface area contributed by atoms with E-state index < -0.39 is 0 Å². The zero-order chi connectivity index (χ0) is 12.8.